The summed E-state index contributed by atoms with van der Waals surface area (Å²) >= 11 is 3.40. The van der Waals surface area contributed by atoms with Gasteiger partial charge in [0.05, 0.1) is 22.4 Å². The average molecular weight is 360 g/mol. The van der Waals surface area contributed by atoms with Crippen molar-refractivity contribution in [2.75, 3.05) is 6.26 Å². The highest BCUT2D eigenvalue weighted by Crippen LogP contribution is 2.42. The average Bonchev–Trinajstić information content (AvgIpc) is 2.92. The van der Waals surface area contributed by atoms with Gasteiger partial charge in [-0.05, 0) is 32.1 Å². The van der Waals surface area contributed by atoms with Crippen molar-refractivity contribution in [1.82, 2.24) is 15.0 Å². The number of ether oxygens (including phenoxy) is 1. The van der Waals surface area contributed by atoms with E-state index >= 15 is 0 Å². The summed E-state index contributed by atoms with van der Waals surface area (Å²) in [5.41, 5.74) is 4.78. The number of rotatable bonds is 3. The van der Waals surface area contributed by atoms with Gasteiger partial charge in [-0.2, -0.15) is 0 Å². The van der Waals surface area contributed by atoms with Crippen LogP contribution in [0.4, 0.5) is 0 Å². The molecule has 1 aliphatic heterocycles. The lowest BCUT2D eigenvalue weighted by atomic mass is 9.88. The summed E-state index contributed by atoms with van der Waals surface area (Å²) in [6, 6.07) is 0. The molecule has 3 aromatic heterocycles. The van der Waals surface area contributed by atoms with E-state index in [9.17, 15) is 0 Å². The second-order valence-corrected chi connectivity index (χ2v) is 8.63. The second kappa shape index (κ2) is 5.93. The van der Waals surface area contributed by atoms with Crippen LogP contribution in [-0.2, 0) is 24.2 Å². The molecular weight excluding hydrogens is 338 g/mol. The zero-order valence-electron chi connectivity index (χ0n) is 14.5. The highest BCUT2D eigenvalue weighted by Gasteiger charge is 2.31. The summed E-state index contributed by atoms with van der Waals surface area (Å²) in [5.74, 6) is 0. The van der Waals surface area contributed by atoms with Crippen molar-refractivity contribution in [3.05, 3.63) is 23.1 Å². The third kappa shape index (κ3) is 2.52. The van der Waals surface area contributed by atoms with Crippen LogP contribution in [0, 0.1) is 0 Å². The number of thiophene rings is 1. The third-order valence-electron chi connectivity index (χ3n) is 4.56. The summed E-state index contributed by atoms with van der Waals surface area (Å²) in [4.78, 5) is 15.1. The van der Waals surface area contributed by atoms with Crippen LogP contribution in [0.25, 0.3) is 20.4 Å². The van der Waals surface area contributed by atoms with Crippen molar-refractivity contribution in [3.63, 3.8) is 0 Å². The molecule has 1 aliphatic rings. The van der Waals surface area contributed by atoms with E-state index in [-0.39, 0.29) is 5.60 Å². The topological polar surface area (TPSA) is 47.9 Å². The smallest absolute Gasteiger partial charge is 0.126 e. The molecule has 4 nitrogen and oxygen atoms in total. The standard InChI is InChI=1S/C18H21N3OS2/c1-5-6-12-11-8-22-18(2,3)7-10(11)13-14-15(24-16(13)21-12)17(23-4)20-9-19-14/h9H,5-8H2,1-4H3. The van der Waals surface area contributed by atoms with Gasteiger partial charge in [-0.1, -0.05) is 13.3 Å². The van der Waals surface area contributed by atoms with Crippen LogP contribution < -0.4 is 0 Å². The molecule has 0 unspecified atom stereocenters. The molecule has 0 N–H and O–H groups in total. The van der Waals surface area contributed by atoms with Gasteiger partial charge in [0.1, 0.15) is 16.2 Å². The molecule has 24 heavy (non-hydrogen) atoms. The van der Waals surface area contributed by atoms with Crippen molar-refractivity contribution < 1.29 is 4.74 Å². The van der Waals surface area contributed by atoms with E-state index in [2.05, 4.69) is 37.0 Å². The Morgan fingerprint density at radius 2 is 2.12 bits per heavy atom. The number of thioether (sulfide) groups is 1. The van der Waals surface area contributed by atoms with Crippen LogP contribution in [0.3, 0.4) is 0 Å². The lowest BCUT2D eigenvalue weighted by Gasteiger charge is -2.33. The van der Waals surface area contributed by atoms with Crippen molar-refractivity contribution in [2.24, 2.45) is 0 Å². The minimum atomic E-state index is -0.144. The molecule has 0 bridgehead atoms. The molecule has 0 aromatic carbocycles. The van der Waals surface area contributed by atoms with Crippen molar-refractivity contribution in [1.29, 1.82) is 0 Å². The molecule has 0 amide bonds. The fraction of sp³-hybridized carbons (Fsp3) is 0.500. The molecule has 0 fully saturated rings. The minimum absolute atomic E-state index is 0.144. The van der Waals surface area contributed by atoms with E-state index in [1.54, 1.807) is 29.4 Å². The molecule has 3 aromatic rings. The number of fused-ring (bicyclic) bond motifs is 5. The number of hydrogen-bond acceptors (Lipinski definition) is 6. The first kappa shape index (κ1) is 16.2. The van der Waals surface area contributed by atoms with Crippen LogP contribution in [0.15, 0.2) is 11.4 Å². The lowest BCUT2D eigenvalue weighted by molar-refractivity contribution is -0.0401. The third-order valence-corrected chi connectivity index (χ3v) is 6.47. The number of nitrogens with zero attached hydrogens (tertiary/aromatic N) is 3. The zero-order valence-corrected chi connectivity index (χ0v) is 16.1. The molecule has 4 heterocycles. The summed E-state index contributed by atoms with van der Waals surface area (Å²) in [5, 5.41) is 2.26. The second-order valence-electron chi connectivity index (χ2n) is 6.83. The van der Waals surface area contributed by atoms with Crippen LogP contribution in [0.1, 0.15) is 44.0 Å². The maximum atomic E-state index is 6.09. The van der Waals surface area contributed by atoms with Crippen molar-refractivity contribution >= 4 is 43.5 Å². The first-order valence-electron chi connectivity index (χ1n) is 8.30. The summed E-state index contributed by atoms with van der Waals surface area (Å²) < 4.78 is 7.25. The van der Waals surface area contributed by atoms with E-state index in [0.717, 1.165) is 39.3 Å². The Balaban J connectivity index is 2.09. The molecule has 126 valence electrons. The Morgan fingerprint density at radius 1 is 1.29 bits per heavy atom. The quantitative estimate of drug-likeness (QED) is 0.498. The van der Waals surface area contributed by atoms with E-state index in [4.69, 9.17) is 9.72 Å². The van der Waals surface area contributed by atoms with Gasteiger partial charge in [-0.3, -0.25) is 0 Å². The van der Waals surface area contributed by atoms with Gasteiger partial charge in [0, 0.05) is 23.1 Å². The van der Waals surface area contributed by atoms with Crippen molar-refractivity contribution in [3.8, 4) is 0 Å². The summed E-state index contributed by atoms with van der Waals surface area (Å²) in [6.45, 7) is 7.18. The fourth-order valence-electron chi connectivity index (χ4n) is 3.44. The lowest BCUT2D eigenvalue weighted by Crippen LogP contribution is -2.32. The fourth-order valence-corrected chi connectivity index (χ4v) is 5.31. The van der Waals surface area contributed by atoms with Crippen LogP contribution >= 0.6 is 23.1 Å². The SMILES string of the molecule is CCCc1nc2sc3c(SC)ncnc3c2c2c1COC(C)(C)C2. The van der Waals surface area contributed by atoms with E-state index < -0.39 is 0 Å². The Bertz CT molecular complexity index is 933. The van der Waals surface area contributed by atoms with Gasteiger partial charge in [0.2, 0.25) is 0 Å². The number of aromatic nitrogens is 3. The predicted molar refractivity (Wildman–Crippen MR) is 101 cm³/mol. The summed E-state index contributed by atoms with van der Waals surface area (Å²) in [7, 11) is 0. The molecule has 0 aliphatic carbocycles. The first-order chi connectivity index (χ1) is 11.5. The molecule has 0 radical (unpaired) electrons. The largest absolute Gasteiger partial charge is 0.370 e. The number of aryl methyl sites for hydroxylation is 1. The first-order valence-corrected chi connectivity index (χ1v) is 10.3. The van der Waals surface area contributed by atoms with Gasteiger partial charge in [0.25, 0.3) is 0 Å². The molecule has 4 rings (SSSR count). The maximum absolute atomic E-state index is 6.09. The van der Waals surface area contributed by atoms with Gasteiger partial charge in [0.15, 0.2) is 0 Å². The molecular formula is C18H21N3OS2. The Hall–Kier alpha value is -1.24. The molecule has 0 saturated heterocycles. The van der Waals surface area contributed by atoms with Crippen molar-refractivity contribution in [2.45, 2.75) is 57.3 Å². The van der Waals surface area contributed by atoms with Crippen LogP contribution in [0.2, 0.25) is 0 Å². The highest BCUT2D eigenvalue weighted by molar-refractivity contribution is 7.98. The van der Waals surface area contributed by atoms with Crippen LogP contribution in [0.5, 0.6) is 0 Å². The molecule has 0 saturated carbocycles. The number of hydrogen-bond donors (Lipinski definition) is 0. The Kier molecular flexibility index (Phi) is 4.01. The summed E-state index contributed by atoms with van der Waals surface area (Å²) in [6.07, 6.45) is 6.74. The highest BCUT2D eigenvalue weighted by atomic mass is 32.2. The monoisotopic (exact) mass is 359 g/mol. The van der Waals surface area contributed by atoms with E-state index in [0.29, 0.717) is 6.61 Å². The van der Waals surface area contributed by atoms with Gasteiger partial charge in [-0.25, -0.2) is 15.0 Å². The zero-order chi connectivity index (χ0) is 16.9. The predicted octanol–water partition coefficient (Wildman–Crippen LogP) is 4.77. The van der Waals surface area contributed by atoms with Gasteiger partial charge >= 0.3 is 0 Å². The molecule has 6 heteroatoms. The normalized spacial score (nSPS) is 16.7. The minimum Gasteiger partial charge on any atom is -0.370 e. The van der Waals surface area contributed by atoms with Crippen LogP contribution in [-0.4, -0.2) is 26.8 Å². The Morgan fingerprint density at radius 3 is 2.88 bits per heavy atom. The van der Waals surface area contributed by atoms with Gasteiger partial charge in [-0.15, -0.1) is 23.1 Å². The number of pyridine rings is 1. The maximum Gasteiger partial charge on any atom is 0.126 e. The van der Waals surface area contributed by atoms with E-state index in [1.165, 1.54) is 22.2 Å². The van der Waals surface area contributed by atoms with Gasteiger partial charge < -0.3 is 4.74 Å². The molecule has 0 atom stereocenters. The Labute approximate surface area is 150 Å². The molecule has 0 spiro atoms. The van der Waals surface area contributed by atoms with E-state index in [1.807, 2.05) is 0 Å².